The molecule has 1 aromatic rings. The third-order valence-corrected chi connectivity index (χ3v) is 3.06. The van der Waals surface area contributed by atoms with Crippen molar-refractivity contribution in [2.45, 2.75) is 13.1 Å². The molecule has 0 unspecified atom stereocenters. The first-order valence-corrected chi connectivity index (χ1v) is 7.39. The quantitative estimate of drug-likeness (QED) is 0.384. The summed E-state index contributed by atoms with van der Waals surface area (Å²) in [6.45, 7) is 3.39. The summed E-state index contributed by atoms with van der Waals surface area (Å²) in [7, 11) is 1.27. The molecule has 0 aromatic heterocycles. The molecule has 0 atom stereocenters. The Morgan fingerprint density at radius 3 is 1.25 bits per heavy atom. The van der Waals surface area contributed by atoms with Crippen molar-refractivity contribution in [2.75, 3.05) is 21.1 Å². The Hall–Kier alpha value is 0.247. The normalized spacial score (nSPS) is 7.81. The van der Waals surface area contributed by atoms with Gasteiger partial charge >= 0.3 is 25.8 Å². The van der Waals surface area contributed by atoms with E-state index < -0.39 is 8.41 Å². The van der Waals surface area contributed by atoms with Crippen molar-refractivity contribution in [3.05, 3.63) is 41.5 Å². The Bertz CT molecular complexity index is 188. The van der Waals surface area contributed by atoms with Crippen molar-refractivity contribution in [3.63, 3.8) is 0 Å². The Kier molecular flexibility index (Phi) is 27.8. The predicted molar refractivity (Wildman–Crippen MR) is 71.0 cm³/mol. The molecule has 0 aliphatic rings. The zero-order valence-electron chi connectivity index (χ0n) is 10.7. The molecule has 0 saturated carbocycles. The molecule has 3 nitrogen and oxygen atoms in total. The van der Waals surface area contributed by atoms with Gasteiger partial charge in [0, 0.05) is 0 Å². The van der Waals surface area contributed by atoms with Gasteiger partial charge in [0.15, 0.2) is 0 Å². The zero-order valence-corrected chi connectivity index (χ0v) is 15.3. The van der Waals surface area contributed by atoms with Crippen LogP contribution in [0.3, 0.4) is 0 Å². The molecule has 0 aliphatic heterocycles. The standard InChI is InChI=1S/C7H10FSi.3CH4N.Hf/c1-9(2,8)7-5-3-4-6-7;3*1-2;/h3-6H,1-2H3;3*2H,1H3;/q4*-1;+4. The van der Waals surface area contributed by atoms with E-state index in [0.717, 1.165) is 5.19 Å². The maximum absolute atomic E-state index is 13.1. The molecule has 1 aromatic carbocycles. The van der Waals surface area contributed by atoms with Crippen molar-refractivity contribution in [1.29, 1.82) is 0 Å². The fraction of sp³-hybridized carbons (Fsp3) is 0.500. The summed E-state index contributed by atoms with van der Waals surface area (Å²) in [5.41, 5.74) is 17.2. The van der Waals surface area contributed by atoms with E-state index in [1.807, 2.05) is 24.3 Å². The van der Waals surface area contributed by atoms with Crippen LogP contribution in [0.25, 0.3) is 17.2 Å². The van der Waals surface area contributed by atoms with Gasteiger partial charge in [0.25, 0.3) is 0 Å². The van der Waals surface area contributed by atoms with Gasteiger partial charge in [-0.3, -0.25) is 0 Å². The van der Waals surface area contributed by atoms with E-state index in [1.54, 1.807) is 13.1 Å². The molecule has 3 N–H and O–H groups in total. The van der Waals surface area contributed by atoms with E-state index in [2.05, 4.69) is 0 Å². The minimum Gasteiger partial charge on any atom is -0.680 e. The molecule has 0 aliphatic carbocycles. The van der Waals surface area contributed by atoms with Crippen molar-refractivity contribution < 1.29 is 30.0 Å². The van der Waals surface area contributed by atoms with Gasteiger partial charge in [-0.25, -0.2) is 12.1 Å². The molecule has 0 bridgehead atoms. The van der Waals surface area contributed by atoms with E-state index in [-0.39, 0.29) is 25.8 Å². The van der Waals surface area contributed by atoms with E-state index in [0.29, 0.717) is 0 Å². The first-order valence-electron chi connectivity index (χ1n) is 4.52. The third-order valence-electron chi connectivity index (χ3n) is 1.35. The van der Waals surface area contributed by atoms with Crippen LogP contribution in [0.2, 0.25) is 13.1 Å². The summed E-state index contributed by atoms with van der Waals surface area (Å²) in [5, 5.41) is 0.891. The Balaban J connectivity index is -0.0000000900. The molecular formula is C10H22FHfN3Si. The van der Waals surface area contributed by atoms with Crippen molar-refractivity contribution in [2.24, 2.45) is 0 Å². The number of nitrogens with one attached hydrogen (secondary N) is 3. The Morgan fingerprint density at radius 1 is 0.875 bits per heavy atom. The average molecular weight is 410 g/mol. The van der Waals surface area contributed by atoms with Crippen LogP contribution in [0.4, 0.5) is 4.11 Å². The van der Waals surface area contributed by atoms with Gasteiger partial charge in [0.05, 0.1) is 0 Å². The first-order chi connectivity index (χ1) is 7.11. The fourth-order valence-corrected chi connectivity index (χ4v) is 1.76. The van der Waals surface area contributed by atoms with Gasteiger partial charge in [-0.1, -0.05) is 0 Å². The van der Waals surface area contributed by atoms with Crippen LogP contribution in [0.1, 0.15) is 0 Å². The Morgan fingerprint density at radius 2 is 1.12 bits per heavy atom. The van der Waals surface area contributed by atoms with E-state index in [9.17, 15) is 4.11 Å². The van der Waals surface area contributed by atoms with Crippen LogP contribution in [-0.4, -0.2) is 29.6 Å². The topological polar surface area (TPSA) is 71.4 Å². The van der Waals surface area contributed by atoms with Crippen LogP contribution in [-0.2, 0) is 25.8 Å². The SMILES string of the molecule is C[NH-].C[NH-].C[NH-].C[Si](C)(F)[c-]1cccc1.[Hf+4]. The van der Waals surface area contributed by atoms with Crippen LogP contribution < -0.4 is 5.19 Å². The summed E-state index contributed by atoms with van der Waals surface area (Å²) in [6.07, 6.45) is 0. The van der Waals surface area contributed by atoms with Crippen molar-refractivity contribution in [3.8, 4) is 0 Å². The second-order valence-electron chi connectivity index (χ2n) is 2.65. The van der Waals surface area contributed by atoms with Crippen LogP contribution in [0, 0.1) is 0 Å². The second-order valence-corrected chi connectivity index (χ2v) is 6.17. The number of hydrogen-bond donors (Lipinski definition) is 0. The van der Waals surface area contributed by atoms with Gasteiger partial charge in [-0.2, -0.15) is 33.3 Å². The van der Waals surface area contributed by atoms with Crippen LogP contribution in [0.5, 0.6) is 0 Å². The summed E-state index contributed by atoms with van der Waals surface area (Å²) < 4.78 is 13.1. The molecule has 1 rings (SSSR count). The molecule has 6 heteroatoms. The summed E-state index contributed by atoms with van der Waals surface area (Å²) >= 11 is 0. The smallest absolute Gasteiger partial charge is 0.680 e. The minimum atomic E-state index is -2.48. The van der Waals surface area contributed by atoms with Gasteiger partial charge in [-0.05, 0) is 13.1 Å². The second kappa shape index (κ2) is 17.6. The largest absolute Gasteiger partial charge is 4.00 e. The van der Waals surface area contributed by atoms with E-state index in [1.165, 1.54) is 21.1 Å². The monoisotopic (exact) mass is 411 g/mol. The molecule has 16 heavy (non-hydrogen) atoms. The number of hydrogen-bond acceptors (Lipinski definition) is 0. The molecule has 0 radical (unpaired) electrons. The minimum absolute atomic E-state index is 0. The molecule has 0 spiro atoms. The van der Waals surface area contributed by atoms with Crippen molar-refractivity contribution in [1.82, 2.24) is 0 Å². The molecule has 92 valence electrons. The molecule has 0 fully saturated rings. The van der Waals surface area contributed by atoms with Gasteiger partial charge in [0.1, 0.15) is 0 Å². The summed E-state index contributed by atoms with van der Waals surface area (Å²) in [5.74, 6) is 0. The zero-order chi connectivity index (χ0) is 12.9. The third kappa shape index (κ3) is 14.2. The molecule has 0 amide bonds. The van der Waals surface area contributed by atoms with Gasteiger partial charge < -0.3 is 21.3 Å². The fourth-order valence-electron chi connectivity index (χ4n) is 0.770. The maximum atomic E-state index is 13.1. The molecule has 0 heterocycles. The molecule has 0 saturated heterocycles. The van der Waals surface area contributed by atoms with Crippen molar-refractivity contribution >= 4 is 13.6 Å². The first kappa shape index (κ1) is 25.2. The number of rotatable bonds is 1. The summed E-state index contributed by atoms with van der Waals surface area (Å²) in [6, 6.07) is 7.46. The van der Waals surface area contributed by atoms with E-state index >= 15 is 0 Å². The van der Waals surface area contributed by atoms with Crippen LogP contribution >= 0.6 is 0 Å². The number of halogens is 1. The predicted octanol–water partition coefficient (Wildman–Crippen LogP) is 3.79. The van der Waals surface area contributed by atoms with Gasteiger partial charge in [-0.15, -0.1) is 5.19 Å². The maximum Gasteiger partial charge on any atom is 4.00 e. The van der Waals surface area contributed by atoms with Crippen LogP contribution in [0.15, 0.2) is 24.3 Å². The summed E-state index contributed by atoms with van der Waals surface area (Å²) in [4.78, 5) is 0. The molecular weight excluding hydrogens is 388 g/mol. The van der Waals surface area contributed by atoms with E-state index in [4.69, 9.17) is 17.2 Å². The van der Waals surface area contributed by atoms with Gasteiger partial charge in [0.2, 0.25) is 8.41 Å². The Labute approximate surface area is 119 Å². The average Bonchev–Trinajstić information content (AvgIpc) is 2.79.